The van der Waals surface area contributed by atoms with Crippen molar-refractivity contribution in [3.8, 4) is 0 Å². The molecule has 0 bridgehead atoms. The number of aryl methyl sites for hydroxylation is 1. The molecule has 7 heteroatoms. The van der Waals surface area contributed by atoms with Crippen LogP contribution < -0.4 is 0 Å². The smallest absolute Gasteiger partial charge is 0.294 e. The van der Waals surface area contributed by atoms with E-state index in [1.807, 2.05) is 17.9 Å². The summed E-state index contributed by atoms with van der Waals surface area (Å²) < 4.78 is 7.44. The van der Waals surface area contributed by atoms with Crippen LogP contribution >= 0.6 is 0 Å². The van der Waals surface area contributed by atoms with Gasteiger partial charge in [0.1, 0.15) is 0 Å². The minimum absolute atomic E-state index is 0.106. The lowest BCUT2D eigenvalue weighted by molar-refractivity contribution is -0.0755. The first kappa shape index (κ1) is 13.6. The van der Waals surface area contributed by atoms with Crippen LogP contribution in [0, 0.1) is 6.92 Å². The molecule has 2 aliphatic rings. The molecule has 1 saturated heterocycles. The van der Waals surface area contributed by atoms with Crippen molar-refractivity contribution in [1.82, 2.24) is 24.5 Å². The van der Waals surface area contributed by atoms with E-state index in [-0.39, 0.29) is 23.9 Å². The van der Waals surface area contributed by atoms with Crippen LogP contribution in [-0.2, 0) is 4.74 Å². The summed E-state index contributed by atoms with van der Waals surface area (Å²) in [6.07, 6.45) is 6.21. The molecule has 4 rings (SSSR count). The predicted octanol–water partition coefficient (Wildman–Crippen LogP) is 1.22. The first-order valence-corrected chi connectivity index (χ1v) is 7.85. The van der Waals surface area contributed by atoms with Gasteiger partial charge >= 0.3 is 0 Å². The van der Waals surface area contributed by atoms with E-state index in [0.29, 0.717) is 18.9 Å². The summed E-state index contributed by atoms with van der Waals surface area (Å²) in [6.45, 7) is 3.13. The lowest BCUT2D eigenvalue weighted by atomic mass is 9.90. The van der Waals surface area contributed by atoms with E-state index in [9.17, 15) is 4.79 Å². The molecular weight excluding hydrogens is 282 g/mol. The summed E-state index contributed by atoms with van der Waals surface area (Å²) in [5.74, 6) is 0.593. The molecule has 7 nitrogen and oxygen atoms in total. The molecule has 1 aliphatic carbocycles. The van der Waals surface area contributed by atoms with E-state index < -0.39 is 0 Å². The van der Waals surface area contributed by atoms with Gasteiger partial charge in [-0.2, -0.15) is 4.98 Å². The molecule has 2 fully saturated rings. The molecule has 1 amide bonds. The second-order valence-corrected chi connectivity index (χ2v) is 5.99. The predicted molar refractivity (Wildman–Crippen MR) is 78.6 cm³/mol. The van der Waals surface area contributed by atoms with Crippen LogP contribution in [0.1, 0.15) is 42.0 Å². The number of hydrogen-bond donors (Lipinski definition) is 0. The highest BCUT2D eigenvalue weighted by Gasteiger charge is 2.38. The Morgan fingerprint density at radius 2 is 2.23 bits per heavy atom. The zero-order valence-corrected chi connectivity index (χ0v) is 12.6. The fourth-order valence-corrected chi connectivity index (χ4v) is 3.47. The Kier molecular flexibility index (Phi) is 3.29. The van der Waals surface area contributed by atoms with Gasteiger partial charge in [0, 0.05) is 18.4 Å². The molecule has 22 heavy (non-hydrogen) atoms. The number of morpholine rings is 1. The fourth-order valence-electron chi connectivity index (χ4n) is 3.47. The second kappa shape index (κ2) is 5.31. The van der Waals surface area contributed by atoms with Gasteiger partial charge < -0.3 is 9.64 Å². The molecule has 0 spiro atoms. The third-order valence-corrected chi connectivity index (χ3v) is 4.61. The molecule has 0 radical (unpaired) electrons. The number of fused-ring (bicyclic) bond motifs is 2. The average molecular weight is 301 g/mol. The number of amides is 1. The fraction of sp³-hybridized carbons (Fsp3) is 0.600. The van der Waals surface area contributed by atoms with Crippen LogP contribution in [0.4, 0.5) is 0 Å². The Hall–Kier alpha value is -2.02. The molecule has 1 saturated carbocycles. The van der Waals surface area contributed by atoms with Crippen molar-refractivity contribution in [3.63, 3.8) is 0 Å². The van der Waals surface area contributed by atoms with Crippen molar-refractivity contribution in [1.29, 1.82) is 0 Å². The van der Waals surface area contributed by atoms with E-state index in [4.69, 9.17) is 4.74 Å². The summed E-state index contributed by atoms with van der Waals surface area (Å²) in [4.78, 5) is 23.2. The van der Waals surface area contributed by atoms with Crippen LogP contribution in [0.2, 0.25) is 0 Å². The monoisotopic (exact) mass is 301 g/mol. The van der Waals surface area contributed by atoms with E-state index in [2.05, 4.69) is 15.1 Å². The largest absolute Gasteiger partial charge is 0.374 e. The van der Waals surface area contributed by atoms with Crippen LogP contribution in [0.3, 0.4) is 0 Å². The van der Waals surface area contributed by atoms with Gasteiger partial charge in [0.05, 0.1) is 18.8 Å². The number of hydrogen-bond acceptors (Lipinski definition) is 5. The number of carbonyl (C=O) groups is 1. The Morgan fingerprint density at radius 3 is 3.09 bits per heavy atom. The first-order chi connectivity index (χ1) is 10.7. The van der Waals surface area contributed by atoms with E-state index in [1.54, 1.807) is 10.7 Å². The highest BCUT2D eigenvalue weighted by atomic mass is 16.5. The normalized spacial score (nSPS) is 25.2. The van der Waals surface area contributed by atoms with E-state index >= 15 is 0 Å². The molecule has 0 unspecified atom stereocenters. The van der Waals surface area contributed by atoms with Gasteiger partial charge in [0.2, 0.25) is 5.82 Å². The molecule has 2 atom stereocenters. The highest BCUT2D eigenvalue weighted by Crippen LogP contribution is 2.29. The maximum Gasteiger partial charge on any atom is 0.294 e. The van der Waals surface area contributed by atoms with Crippen LogP contribution in [0.25, 0.3) is 5.78 Å². The van der Waals surface area contributed by atoms with E-state index in [0.717, 1.165) is 25.0 Å². The molecule has 3 heterocycles. The lowest BCUT2D eigenvalue weighted by Crippen LogP contribution is -2.55. The second-order valence-electron chi connectivity index (χ2n) is 5.99. The van der Waals surface area contributed by atoms with Gasteiger partial charge in [-0.1, -0.05) is 12.8 Å². The summed E-state index contributed by atoms with van der Waals surface area (Å²) in [5.41, 5.74) is 0.911. The lowest BCUT2D eigenvalue weighted by Gasteiger charge is -2.43. The molecule has 2 aromatic heterocycles. The first-order valence-electron chi connectivity index (χ1n) is 7.85. The Balaban J connectivity index is 1.65. The standard InChI is InChI=1S/C15H19N5O2/c1-10-6-7-16-15-17-13(18-20(10)15)14(21)19-8-9-22-12-5-3-2-4-11(12)19/h6-7,11-12H,2-5,8-9H2,1H3/t11-,12-/m0/s1. The van der Waals surface area contributed by atoms with Crippen molar-refractivity contribution < 1.29 is 9.53 Å². The summed E-state index contributed by atoms with van der Waals surface area (Å²) in [6, 6.07) is 2.01. The van der Waals surface area contributed by atoms with Crippen LogP contribution in [-0.4, -0.2) is 55.7 Å². The quantitative estimate of drug-likeness (QED) is 0.792. The Bertz CT molecular complexity index is 711. The zero-order valence-electron chi connectivity index (χ0n) is 12.6. The van der Waals surface area contributed by atoms with E-state index in [1.165, 1.54) is 6.42 Å². The average Bonchev–Trinajstić information content (AvgIpc) is 2.99. The highest BCUT2D eigenvalue weighted by molar-refractivity contribution is 5.91. The van der Waals surface area contributed by atoms with Crippen molar-refractivity contribution in [2.75, 3.05) is 13.2 Å². The maximum atomic E-state index is 12.8. The SMILES string of the molecule is Cc1ccnc2nc(C(=O)N3CCO[C@H]4CCCC[C@@H]43)nn12. The minimum Gasteiger partial charge on any atom is -0.374 e. The van der Waals surface area contributed by atoms with Gasteiger partial charge in [-0.3, -0.25) is 4.79 Å². The van der Waals surface area contributed by atoms with Gasteiger partial charge in [-0.15, -0.1) is 5.10 Å². The van der Waals surface area contributed by atoms with Crippen molar-refractivity contribution in [2.24, 2.45) is 0 Å². The maximum absolute atomic E-state index is 12.8. The third kappa shape index (κ3) is 2.16. The number of rotatable bonds is 1. The topological polar surface area (TPSA) is 72.6 Å². The minimum atomic E-state index is -0.106. The number of carbonyl (C=O) groups excluding carboxylic acids is 1. The van der Waals surface area contributed by atoms with Crippen LogP contribution in [0.5, 0.6) is 0 Å². The van der Waals surface area contributed by atoms with Crippen LogP contribution in [0.15, 0.2) is 12.3 Å². The number of nitrogens with zero attached hydrogens (tertiary/aromatic N) is 5. The summed E-state index contributed by atoms with van der Waals surface area (Å²) in [7, 11) is 0. The Labute approximate surface area is 128 Å². The molecule has 0 N–H and O–H groups in total. The number of ether oxygens (including phenoxy) is 1. The molecule has 1 aliphatic heterocycles. The van der Waals surface area contributed by atoms with Crippen molar-refractivity contribution in [3.05, 3.63) is 23.8 Å². The zero-order chi connectivity index (χ0) is 15.1. The molecule has 0 aromatic carbocycles. The van der Waals surface area contributed by atoms with Gasteiger partial charge in [0.25, 0.3) is 11.7 Å². The molecule has 116 valence electrons. The number of aromatic nitrogens is 4. The van der Waals surface area contributed by atoms with Gasteiger partial charge in [0.15, 0.2) is 0 Å². The van der Waals surface area contributed by atoms with Gasteiger partial charge in [-0.05, 0) is 25.8 Å². The molecule has 2 aromatic rings. The Morgan fingerprint density at radius 1 is 1.36 bits per heavy atom. The van der Waals surface area contributed by atoms with Crippen molar-refractivity contribution >= 4 is 11.7 Å². The van der Waals surface area contributed by atoms with Crippen molar-refractivity contribution in [2.45, 2.75) is 44.8 Å². The third-order valence-electron chi connectivity index (χ3n) is 4.61. The molecular formula is C15H19N5O2. The summed E-state index contributed by atoms with van der Waals surface area (Å²) >= 11 is 0. The van der Waals surface area contributed by atoms with Gasteiger partial charge in [-0.25, -0.2) is 9.50 Å². The summed E-state index contributed by atoms with van der Waals surface area (Å²) in [5, 5.41) is 4.34.